The van der Waals surface area contributed by atoms with Crippen LogP contribution in [0.2, 0.25) is 0 Å². The first-order valence-electron chi connectivity index (χ1n) is 6.57. The minimum atomic E-state index is 0.202. The molecule has 2 heteroatoms. The molecule has 0 heterocycles. The van der Waals surface area contributed by atoms with Gasteiger partial charge < -0.3 is 5.32 Å². The molecule has 1 saturated carbocycles. The van der Waals surface area contributed by atoms with Crippen molar-refractivity contribution in [3.63, 3.8) is 0 Å². The molecule has 0 saturated heterocycles. The molecule has 2 nitrogen and oxygen atoms in total. The third-order valence-corrected chi connectivity index (χ3v) is 3.54. The van der Waals surface area contributed by atoms with Gasteiger partial charge in [0.25, 0.3) is 0 Å². The van der Waals surface area contributed by atoms with E-state index in [0.717, 1.165) is 25.2 Å². The second-order valence-electron chi connectivity index (χ2n) is 5.17. The quantitative estimate of drug-likeness (QED) is 0.848. The Morgan fingerprint density at radius 3 is 2.71 bits per heavy atom. The van der Waals surface area contributed by atoms with Crippen molar-refractivity contribution in [3.8, 4) is 0 Å². The summed E-state index contributed by atoms with van der Waals surface area (Å²) >= 11 is 0. The van der Waals surface area contributed by atoms with Gasteiger partial charge in [-0.1, -0.05) is 37.3 Å². The smallest absolute Gasteiger partial charge is 0.220 e. The highest BCUT2D eigenvalue weighted by molar-refractivity contribution is 5.76. The largest absolute Gasteiger partial charge is 0.353 e. The first-order valence-corrected chi connectivity index (χ1v) is 6.57. The molecular formula is C15H21NO. The summed E-state index contributed by atoms with van der Waals surface area (Å²) in [4.78, 5) is 11.8. The number of hydrogen-bond donors (Lipinski definition) is 1. The molecule has 1 aliphatic rings. The number of nitrogens with one attached hydrogen (secondary N) is 1. The molecule has 2 unspecified atom stereocenters. The van der Waals surface area contributed by atoms with Crippen LogP contribution < -0.4 is 5.32 Å². The van der Waals surface area contributed by atoms with E-state index in [9.17, 15) is 4.79 Å². The van der Waals surface area contributed by atoms with Crippen LogP contribution in [0.25, 0.3) is 0 Å². The van der Waals surface area contributed by atoms with E-state index in [-0.39, 0.29) is 5.91 Å². The Balaban J connectivity index is 1.71. The zero-order chi connectivity index (χ0) is 12.1. The van der Waals surface area contributed by atoms with E-state index in [1.54, 1.807) is 0 Å². The molecule has 1 aromatic carbocycles. The van der Waals surface area contributed by atoms with Crippen LogP contribution in [0.1, 0.15) is 38.2 Å². The average Bonchev–Trinajstić information content (AvgIpc) is 2.73. The van der Waals surface area contributed by atoms with Gasteiger partial charge in [0.05, 0.1) is 0 Å². The lowest BCUT2D eigenvalue weighted by molar-refractivity contribution is -0.121. The predicted molar refractivity (Wildman–Crippen MR) is 69.7 cm³/mol. The lowest BCUT2D eigenvalue weighted by Crippen LogP contribution is -2.32. The summed E-state index contributed by atoms with van der Waals surface area (Å²) in [6, 6.07) is 10.6. The normalized spacial score (nSPS) is 23.6. The van der Waals surface area contributed by atoms with Gasteiger partial charge in [0.2, 0.25) is 5.91 Å². The number of rotatable bonds is 4. The molecule has 1 aliphatic carbocycles. The van der Waals surface area contributed by atoms with Gasteiger partial charge in [0, 0.05) is 12.5 Å². The van der Waals surface area contributed by atoms with Gasteiger partial charge in [-0.3, -0.25) is 4.79 Å². The number of benzene rings is 1. The van der Waals surface area contributed by atoms with Crippen molar-refractivity contribution in [2.75, 3.05) is 0 Å². The third-order valence-electron chi connectivity index (χ3n) is 3.54. The maximum Gasteiger partial charge on any atom is 0.220 e. The Morgan fingerprint density at radius 2 is 2.06 bits per heavy atom. The summed E-state index contributed by atoms with van der Waals surface area (Å²) in [6.45, 7) is 2.26. The van der Waals surface area contributed by atoms with Crippen molar-refractivity contribution in [2.24, 2.45) is 5.92 Å². The van der Waals surface area contributed by atoms with Crippen molar-refractivity contribution in [2.45, 2.75) is 45.1 Å². The number of hydrogen-bond acceptors (Lipinski definition) is 1. The van der Waals surface area contributed by atoms with E-state index in [4.69, 9.17) is 0 Å². The van der Waals surface area contributed by atoms with Crippen molar-refractivity contribution < 1.29 is 4.79 Å². The van der Waals surface area contributed by atoms with Crippen LogP contribution >= 0.6 is 0 Å². The van der Waals surface area contributed by atoms with Gasteiger partial charge in [-0.25, -0.2) is 0 Å². The first kappa shape index (κ1) is 12.2. The van der Waals surface area contributed by atoms with Crippen LogP contribution in [0, 0.1) is 5.92 Å². The standard InChI is InChI=1S/C15H21NO/c1-12-7-9-14(11-12)16-15(17)10-8-13-5-3-2-4-6-13/h2-6,12,14H,7-11H2,1H3,(H,16,17). The van der Waals surface area contributed by atoms with E-state index in [2.05, 4.69) is 24.4 Å². The highest BCUT2D eigenvalue weighted by Crippen LogP contribution is 2.24. The van der Waals surface area contributed by atoms with E-state index < -0.39 is 0 Å². The molecule has 0 aromatic heterocycles. The van der Waals surface area contributed by atoms with Crippen molar-refractivity contribution in [1.29, 1.82) is 0 Å². The monoisotopic (exact) mass is 231 g/mol. The number of aryl methyl sites for hydroxylation is 1. The summed E-state index contributed by atoms with van der Waals surface area (Å²) in [6.07, 6.45) is 5.00. The zero-order valence-electron chi connectivity index (χ0n) is 10.5. The van der Waals surface area contributed by atoms with Crippen molar-refractivity contribution >= 4 is 5.91 Å². The molecule has 2 atom stereocenters. The van der Waals surface area contributed by atoms with E-state index in [1.807, 2.05) is 18.2 Å². The minimum absolute atomic E-state index is 0.202. The molecule has 17 heavy (non-hydrogen) atoms. The lowest BCUT2D eigenvalue weighted by atomic mass is 10.1. The highest BCUT2D eigenvalue weighted by Gasteiger charge is 2.22. The lowest BCUT2D eigenvalue weighted by Gasteiger charge is -2.12. The molecule has 1 aromatic rings. The van der Waals surface area contributed by atoms with Crippen LogP contribution in [0.3, 0.4) is 0 Å². The van der Waals surface area contributed by atoms with Gasteiger partial charge in [0.15, 0.2) is 0 Å². The van der Waals surface area contributed by atoms with E-state index in [1.165, 1.54) is 12.0 Å². The fourth-order valence-electron chi connectivity index (χ4n) is 2.54. The molecule has 92 valence electrons. The molecule has 2 rings (SSSR count). The van der Waals surface area contributed by atoms with Gasteiger partial charge in [-0.2, -0.15) is 0 Å². The Morgan fingerprint density at radius 1 is 1.29 bits per heavy atom. The van der Waals surface area contributed by atoms with Crippen LogP contribution in [-0.2, 0) is 11.2 Å². The fraction of sp³-hybridized carbons (Fsp3) is 0.533. The van der Waals surface area contributed by atoms with Crippen LogP contribution in [0.15, 0.2) is 30.3 Å². The summed E-state index contributed by atoms with van der Waals surface area (Å²) in [5, 5.41) is 3.14. The number of amides is 1. The maximum atomic E-state index is 11.8. The van der Waals surface area contributed by atoms with Gasteiger partial charge >= 0.3 is 0 Å². The molecular weight excluding hydrogens is 210 g/mol. The average molecular weight is 231 g/mol. The zero-order valence-corrected chi connectivity index (χ0v) is 10.5. The number of carbonyl (C=O) groups excluding carboxylic acids is 1. The third kappa shape index (κ3) is 3.88. The SMILES string of the molecule is CC1CCC(NC(=O)CCc2ccccc2)C1. The molecule has 0 radical (unpaired) electrons. The second kappa shape index (κ2) is 5.85. The Hall–Kier alpha value is -1.31. The summed E-state index contributed by atoms with van der Waals surface area (Å²) < 4.78 is 0. The topological polar surface area (TPSA) is 29.1 Å². The van der Waals surface area contributed by atoms with Gasteiger partial charge in [0.1, 0.15) is 0 Å². The Kier molecular flexibility index (Phi) is 4.18. The predicted octanol–water partition coefficient (Wildman–Crippen LogP) is 2.92. The van der Waals surface area contributed by atoms with Gasteiger partial charge in [-0.15, -0.1) is 0 Å². The Bertz CT molecular complexity index is 360. The second-order valence-corrected chi connectivity index (χ2v) is 5.17. The fourth-order valence-corrected chi connectivity index (χ4v) is 2.54. The molecule has 1 fully saturated rings. The minimum Gasteiger partial charge on any atom is -0.353 e. The van der Waals surface area contributed by atoms with Crippen LogP contribution in [0.4, 0.5) is 0 Å². The van der Waals surface area contributed by atoms with Gasteiger partial charge in [-0.05, 0) is 37.2 Å². The van der Waals surface area contributed by atoms with E-state index in [0.29, 0.717) is 12.5 Å². The first-order chi connectivity index (χ1) is 8.24. The van der Waals surface area contributed by atoms with Crippen LogP contribution in [-0.4, -0.2) is 11.9 Å². The highest BCUT2D eigenvalue weighted by atomic mass is 16.1. The molecule has 0 bridgehead atoms. The summed E-state index contributed by atoms with van der Waals surface area (Å²) in [7, 11) is 0. The van der Waals surface area contributed by atoms with Crippen molar-refractivity contribution in [1.82, 2.24) is 5.32 Å². The summed E-state index contributed by atoms with van der Waals surface area (Å²) in [5.74, 6) is 0.974. The van der Waals surface area contributed by atoms with Crippen molar-refractivity contribution in [3.05, 3.63) is 35.9 Å². The molecule has 0 aliphatic heterocycles. The molecule has 1 N–H and O–H groups in total. The number of carbonyl (C=O) groups is 1. The molecule has 0 spiro atoms. The Labute approximate surface area is 103 Å². The summed E-state index contributed by atoms with van der Waals surface area (Å²) in [5.41, 5.74) is 1.24. The van der Waals surface area contributed by atoms with Crippen LogP contribution in [0.5, 0.6) is 0 Å². The maximum absolute atomic E-state index is 11.8. The van der Waals surface area contributed by atoms with E-state index >= 15 is 0 Å². The molecule has 1 amide bonds.